The first kappa shape index (κ1) is 13.3. The molecule has 0 saturated heterocycles. The summed E-state index contributed by atoms with van der Waals surface area (Å²) in [7, 11) is 0. The maximum Gasteiger partial charge on any atom is 0.129 e. The van der Waals surface area contributed by atoms with Crippen molar-refractivity contribution in [3.05, 3.63) is 57.9 Å². The molecular formula is C16H14ClFO2. The van der Waals surface area contributed by atoms with Crippen LogP contribution in [0.3, 0.4) is 0 Å². The van der Waals surface area contributed by atoms with Crippen LogP contribution < -0.4 is 9.47 Å². The number of benzene rings is 2. The van der Waals surface area contributed by atoms with E-state index < -0.39 is 0 Å². The summed E-state index contributed by atoms with van der Waals surface area (Å²) in [6.45, 7) is 2.70. The molecule has 0 radical (unpaired) electrons. The van der Waals surface area contributed by atoms with Crippen LogP contribution in [-0.4, -0.2) is 6.61 Å². The van der Waals surface area contributed by atoms with E-state index in [1.54, 1.807) is 19.1 Å². The Morgan fingerprint density at radius 1 is 1.30 bits per heavy atom. The van der Waals surface area contributed by atoms with Crippen molar-refractivity contribution in [2.75, 3.05) is 6.61 Å². The van der Waals surface area contributed by atoms with Gasteiger partial charge in [0.2, 0.25) is 0 Å². The van der Waals surface area contributed by atoms with Gasteiger partial charge >= 0.3 is 0 Å². The predicted molar refractivity (Wildman–Crippen MR) is 76.1 cm³/mol. The topological polar surface area (TPSA) is 18.5 Å². The van der Waals surface area contributed by atoms with E-state index in [0.29, 0.717) is 29.5 Å². The van der Waals surface area contributed by atoms with Gasteiger partial charge in [-0.3, -0.25) is 0 Å². The molecule has 0 fully saturated rings. The number of halogens is 2. The van der Waals surface area contributed by atoms with Gasteiger partial charge in [-0.2, -0.15) is 0 Å². The summed E-state index contributed by atoms with van der Waals surface area (Å²) >= 11 is 6.09. The summed E-state index contributed by atoms with van der Waals surface area (Å²) in [5.41, 5.74) is 2.60. The molecule has 3 rings (SSSR count). The monoisotopic (exact) mass is 292 g/mol. The Bertz CT molecular complexity index is 655. The number of rotatable bonds is 3. The average molecular weight is 293 g/mol. The second-order valence-corrected chi connectivity index (χ2v) is 5.29. The fourth-order valence-electron chi connectivity index (χ4n) is 2.28. The van der Waals surface area contributed by atoms with Gasteiger partial charge in [0.1, 0.15) is 23.9 Å². The van der Waals surface area contributed by atoms with Gasteiger partial charge < -0.3 is 9.47 Å². The first-order valence-corrected chi connectivity index (χ1v) is 6.84. The van der Waals surface area contributed by atoms with Gasteiger partial charge in [-0.25, -0.2) is 4.39 Å². The maximum atomic E-state index is 13.5. The molecule has 0 saturated carbocycles. The molecule has 104 valence electrons. The Morgan fingerprint density at radius 2 is 2.15 bits per heavy atom. The van der Waals surface area contributed by atoms with E-state index in [2.05, 4.69) is 0 Å². The van der Waals surface area contributed by atoms with Gasteiger partial charge in [0.15, 0.2) is 0 Å². The van der Waals surface area contributed by atoms with Crippen molar-refractivity contribution in [1.82, 2.24) is 0 Å². The molecule has 0 bridgehead atoms. The zero-order chi connectivity index (χ0) is 14.1. The Balaban J connectivity index is 1.80. The van der Waals surface area contributed by atoms with Crippen LogP contribution in [0.2, 0.25) is 5.02 Å². The SMILES string of the molecule is Cc1ccc(OCc2cc(Cl)cc3c2OCC3)cc1F. The Hall–Kier alpha value is -1.74. The smallest absolute Gasteiger partial charge is 0.129 e. The molecule has 2 nitrogen and oxygen atoms in total. The first-order valence-electron chi connectivity index (χ1n) is 6.46. The Kier molecular flexibility index (Phi) is 3.53. The summed E-state index contributed by atoms with van der Waals surface area (Å²) in [5.74, 6) is 1.08. The van der Waals surface area contributed by atoms with Gasteiger partial charge in [-0.1, -0.05) is 17.7 Å². The molecule has 2 aromatic rings. The highest BCUT2D eigenvalue weighted by molar-refractivity contribution is 6.30. The lowest BCUT2D eigenvalue weighted by Gasteiger charge is -2.11. The van der Waals surface area contributed by atoms with E-state index in [1.165, 1.54) is 6.07 Å². The van der Waals surface area contributed by atoms with Crippen LogP contribution in [0, 0.1) is 12.7 Å². The zero-order valence-corrected chi connectivity index (χ0v) is 11.8. The van der Waals surface area contributed by atoms with Gasteiger partial charge in [0, 0.05) is 23.1 Å². The van der Waals surface area contributed by atoms with Gasteiger partial charge in [-0.15, -0.1) is 0 Å². The van der Waals surface area contributed by atoms with Gasteiger partial charge in [0.05, 0.1) is 6.61 Å². The number of hydrogen-bond donors (Lipinski definition) is 0. The van der Waals surface area contributed by atoms with Crippen molar-refractivity contribution in [3.8, 4) is 11.5 Å². The second kappa shape index (κ2) is 5.33. The van der Waals surface area contributed by atoms with Gasteiger partial charge in [-0.05, 0) is 36.2 Å². The molecule has 0 amide bonds. The van der Waals surface area contributed by atoms with Crippen LogP contribution >= 0.6 is 11.6 Å². The molecule has 1 aliphatic heterocycles. The third kappa shape index (κ3) is 2.59. The van der Waals surface area contributed by atoms with Crippen molar-refractivity contribution in [2.45, 2.75) is 20.0 Å². The van der Waals surface area contributed by atoms with Crippen LogP contribution in [0.25, 0.3) is 0 Å². The number of ether oxygens (including phenoxy) is 2. The second-order valence-electron chi connectivity index (χ2n) is 4.85. The minimum Gasteiger partial charge on any atom is -0.493 e. The highest BCUT2D eigenvalue weighted by atomic mass is 35.5. The standard InChI is InChI=1S/C16H14ClFO2/c1-10-2-3-14(8-15(10)18)20-9-12-7-13(17)6-11-4-5-19-16(11)12/h2-3,6-8H,4-5,9H2,1H3. The number of fused-ring (bicyclic) bond motifs is 1. The quantitative estimate of drug-likeness (QED) is 0.839. The third-order valence-corrected chi connectivity index (χ3v) is 3.58. The van der Waals surface area contributed by atoms with Crippen molar-refractivity contribution < 1.29 is 13.9 Å². The van der Waals surface area contributed by atoms with Crippen LogP contribution in [0.4, 0.5) is 4.39 Å². The first-order chi connectivity index (χ1) is 9.63. The van der Waals surface area contributed by atoms with Crippen LogP contribution in [-0.2, 0) is 13.0 Å². The number of aryl methyl sites for hydroxylation is 1. The molecule has 0 aliphatic carbocycles. The van der Waals surface area contributed by atoms with E-state index in [-0.39, 0.29) is 5.82 Å². The normalized spacial score (nSPS) is 12.9. The van der Waals surface area contributed by atoms with Gasteiger partial charge in [0.25, 0.3) is 0 Å². The third-order valence-electron chi connectivity index (χ3n) is 3.36. The molecule has 0 aromatic heterocycles. The molecule has 0 unspecified atom stereocenters. The molecule has 0 N–H and O–H groups in total. The van der Waals surface area contributed by atoms with Crippen molar-refractivity contribution in [3.63, 3.8) is 0 Å². The average Bonchev–Trinajstić information content (AvgIpc) is 2.88. The highest BCUT2D eigenvalue weighted by Gasteiger charge is 2.18. The lowest BCUT2D eigenvalue weighted by molar-refractivity contribution is 0.290. The molecule has 4 heteroatoms. The number of hydrogen-bond acceptors (Lipinski definition) is 2. The fourth-order valence-corrected chi connectivity index (χ4v) is 2.54. The van der Waals surface area contributed by atoms with Crippen molar-refractivity contribution >= 4 is 11.6 Å². The lowest BCUT2D eigenvalue weighted by atomic mass is 10.1. The lowest BCUT2D eigenvalue weighted by Crippen LogP contribution is -1.99. The summed E-state index contributed by atoms with van der Waals surface area (Å²) < 4.78 is 24.7. The maximum absolute atomic E-state index is 13.5. The minimum absolute atomic E-state index is 0.268. The predicted octanol–water partition coefficient (Wildman–Crippen LogP) is 4.30. The summed E-state index contributed by atoms with van der Waals surface area (Å²) in [6, 6.07) is 8.59. The van der Waals surface area contributed by atoms with Crippen LogP contribution in [0.5, 0.6) is 11.5 Å². The summed E-state index contributed by atoms with van der Waals surface area (Å²) in [6.07, 6.45) is 0.863. The largest absolute Gasteiger partial charge is 0.493 e. The van der Waals surface area contributed by atoms with Crippen molar-refractivity contribution in [2.24, 2.45) is 0 Å². The molecule has 0 atom stereocenters. The molecule has 1 heterocycles. The summed E-state index contributed by atoms with van der Waals surface area (Å²) in [5, 5.41) is 0.669. The molecule has 1 aliphatic rings. The van der Waals surface area contributed by atoms with E-state index >= 15 is 0 Å². The van der Waals surface area contributed by atoms with E-state index in [4.69, 9.17) is 21.1 Å². The highest BCUT2D eigenvalue weighted by Crippen LogP contribution is 2.33. The minimum atomic E-state index is -0.268. The molecular weight excluding hydrogens is 279 g/mol. The van der Waals surface area contributed by atoms with Crippen LogP contribution in [0.15, 0.2) is 30.3 Å². The molecule has 20 heavy (non-hydrogen) atoms. The van der Waals surface area contributed by atoms with E-state index in [1.807, 2.05) is 12.1 Å². The van der Waals surface area contributed by atoms with Crippen molar-refractivity contribution in [1.29, 1.82) is 0 Å². The van der Waals surface area contributed by atoms with Crippen LogP contribution in [0.1, 0.15) is 16.7 Å². The zero-order valence-electron chi connectivity index (χ0n) is 11.1. The Labute approximate surface area is 122 Å². The van der Waals surface area contributed by atoms with E-state index in [9.17, 15) is 4.39 Å². The molecule has 0 spiro atoms. The fraction of sp³-hybridized carbons (Fsp3) is 0.250. The van der Waals surface area contributed by atoms with E-state index in [0.717, 1.165) is 23.3 Å². The Morgan fingerprint density at radius 3 is 2.95 bits per heavy atom. The molecule has 2 aromatic carbocycles. The summed E-state index contributed by atoms with van der Waals surface area (Å²) in [4.78, 5) is 0.